The zero-order valence-electron chi connectivity index (χ0n) is 17.2. The van der Waals surface area contributed by atoms with Crippen LogP contribution in [0.25, 0.3) is 11.4 Å². The number of hydrogen-bond acceptors (Lipinski definition) is 9. The van der Waals surface area contributed by atoms with E-state index in [0.29, 0.717) is 52.8 Å². The molecule has 0 saturated carbocycles. The molecule has 0 radical (unpaired) electrons. The van der Waals surface area contributed by atoms with Crippen molar-refractivity contribution < 1.29 is 9.47 Å². The van der Waals surface area contributed by atoms with Gasteiger partial charge in [-0.25, -0.2) is 15.0 Å². The Bertz CT molecular complexity index is 1090. The van der Waals surface area contributed by atoms with Crippen LogP contribution in [0.1, 0.15) is 29.8 Å². The van der Waals surface area contributed by atoms with Gasteiger partial charge in [-0.1, -0.05) is 0 Å². The SMILES string of the molecule is Cc1nc(NC2CCOCC2)cc(Oc2cc(C#N)ccc2-c2ncc(CN)cn2)n1. The monoisotopic (exact) mass is 417 g/mol. The lowest BCUT2D eigenvalue weighted by atomic mass is 10.1. The molecular formula is C22H23N7O2. The molecule has 1 aliphatic rings. The molecule has 9 heteroatoms. The third-order valence-corrected chi connectivity index (χ3v) is 4.89. The number of nitrogens with two attached hydrogens (primary N) is 1. The molecule has 3 N–H and O–H groups in total. The van der Waals surface area contributed by atoms with Gasteiger partial charge in [-0.2, -0.15) is 10.2 Å². The van der Waals surface area contributed by atoms with Crippen LogP contribution in [-0.4, -0.2) is 39.2 Å². The van der Waals surface area contributed by atoms with Crippen molar-refractivity contribution in [1.29, 1.82) is 5.26 Å². The van der Waals surface area contributed by atoms with Crippen LogP contribution in [0.3, 0.4) is 0 Å². The molecule has 0 spiro atoms. The maximum absolute atomic E-state index is 9.33. The Balaban J connectivity index is 1.64. The number of nitrogens with zero attached hydrogens (tertiary/aromatic N) is 5. The van der Waals surface area contributed by atoms with E-state index in [0.717, 1.165) is 31.6 Å². The van der Waals surface area contributed by atoms with Crippen LogP contribution in [0.15, 0.2) is 36.7 Å². The van der Waals surface area contributed by atoms with Crippen LogP contribution in [0.2, 0.25) is 0 Å². The van der Waals surface area contributed by atoms with Gasteiger partial charge in [0.2, 0.25) is 5.88 Å². The van der Waals surface area contributed by atoms with E-state index in [4.69, 9.17) is 15.2 Å². The molecular weight excluding hydrogens is 394 g/mol. The van der Waals surface area contributed by atoms with Crippen LogP contribution >= 0.6 is 0 Å². The van der Waals surface area contributed by atoms with Crippen LogP contribution in [0, 0.1) is 18.3 Å². The second kappa shape index (κ2) is 9.47. The highest BCUT2D eigenvalue weighted by Gasteiger charge is 2.16. The molecule has 0 bridgehead atoms. The number of benzene rings is 1. The highest BCUT2D eigenvalue weighted by Crippen LogP contribution is 2.32. The molecule has 2 aromatic heterocycles. The van der Waals surface area contributed by atoms with E-state index in [-0.39, 0.29) is 0 Å². The molecule has 9 nitrogen and oxygen atoms in total. The first-order valence-electron chi connectivity index (χ1n) is 10.1. The van der Waals surface area contributed by atoms with Gasteiger partial charge in [0.1, 0.15) is 17.4 Å². The first-order chi connectivity index (χ1) is 15.1. The van der Waals surface area contributed by atoms with Gasteiger partial charge in [0.25, 0.3) is 0 Å². The molecule has 1 aliphatic heterocycles. The summed E-state index contributed by atoms with van der Waals surface area (Å²) >= 11 is 0. The normalized spacial score (nSPS) is 14.1. The summed E-state index contributed by atoms with van der Waals surface area (Å²) in [7, 11) is 0. The summed E-state index contributed by atoms with van der Waals surface area (Å²) in [5.41, 5.74) is 7.58. The van der Waals surface area contributed by atoms with Gasteiger partial charge in [0.15, 0.2) is 5.82 Å². The lowest BCUT2D eigenvalue weighted by Crippen LogP contribution is -2.28. The van der Waals surface area contributed by atoms with E-state index in [1.54, 1.807) is 36.7 Å². The Morgan fingerprint density at radius 3 is 2.68 bits per heavy atom. The largest absolute Gasteiger partial charge is 0.438 e. The van der Waals surface area contributed by atoms with E-state index in [9.17, 15) is 5.26 Å². The van der Waals surface area contributed by atoms with Crippen molar-refractivity contribution in [1.82, 2.24) is 19.9 Å². The molecule has 0 atom stereocenters. The van der Waals surface area contributed by atoms with Gasteiger partial charge in [-0.05, 0) is 38.0 Å². The molecule has 31 heavy (non-hydrogen) atoms. The van der Waals surface area contributed by atoms with Crippen molar-refractivity contribution >= 4 is 5.82 Å². The highest BCUT2D eigenvalue weighted by molar-refractivity contribution is 5.66. The lowest BCUT2D eigenvalue weighted by Gasteiger charge is -2.23. The molecule has 3 aromatic rings. The number of aromatic nitrogens is 4. The first kappa shape index (κ1) is 20.7. The number of anilines is 1. The smallest absolute Gasteiger partial charge is 0.224 e. The second-order valence-corrected chi connectivity index (χ2v) is 7.21. The quantitative estimate of drug-likeness (QED) is 0.621. The summed E-state index contributed by atoms with van der Waals surface area (Å²) in [6, 6.07) is 9.30. The van der Waals surface area contributed by atoms with Gasteiger partial charge in [0.05, 0.1) is 17.2 Å². The van der Waals surface area contributed by atoms with Crippen molar-refractivity contribution in [2.75, 3.05) is 18.5 Å². The predicted molar refractivity (Wildman–Crippen MR) is 114 cm³/mol. The average Bonchev–Trinajstić information content (AvgIpc) is 2.79. The maximum atomic E-state index is 9.33. The van der Waals surface area contributed by atoms with Gasteiger partial charge in [0, 0.05) is 49.8 Å². The number of ether oxygens (including phenoxy) is 2. The van der Waals surface area contributed by atoms with Gasteiger partial charge < -0.3 is 20.5 Å². The molecule has 1 aromatic carbocycles. The van der Waals surface area contributed by atoms with E-state index < -0.39 is 0 Å². The molecule has 4 rings (SSSR count). The maximum Gasteiger partial charge on any atom is 0.224 e. The lowest BCUT2D eigenvalue weighted by molar-refractivity contribution is 0.0904. The highest BCUT2D eigenvalue weighted by atomic mass is 16.5. The van der Waals surface area contributed by atoms with E-state index in [1.165, 1.54) is 0 Å². The van der Waals surface area contributed by atoms with E-state index in [2.05, 4.69) is 31.3 Å². The molecule has 0 aliphatic carbocycles. The Labute approximate surface area is 180 Å². The third-order valence-electron chi connectivity index (χ3n) is 4.89. The average molecular weight is 417 g/mol. The van der Waals surface area contributed by atoms with Crippen molar-refractivity contribution in [2.45, 2.75) is 32.4 Å². The topological polar surface area (TPSA) is 132 Å². The third kappa shape index (κ3) is 5.12. The minimum atomic E-state index is 0.294. The second-order valence-electron chi connectivity index (χ2n) is 7.21. The first-order valence-corrected chi connectivity index (χ1v) is 10.1. The zero-order chi connectivity index (χ0) is 21.6. The van der Waals surface area contributed by atoms with E-state index >= 15 is 0 Å². The minimum absolute atomic E-state index is 0.294. The number of nitrogens with one attached hydrogen (secondary N) is 1. The summed E-state index contributed by atoms with van der Waals surface area (Å²) < 4.78 is 11.5. The Morgan fingerprint density at radius 1 is 1.19 bits per heavy atom. The van der Waals surface area contributed by atoms with Gasteiger partial charge in [-0.3, -0.25) is 0 Å². The van der Waals surface area contributed by atoms with Crippen LogP contribution < -0.4 is 15.8 Å². The Hall–Kier alpha value is -3.61. The van der Waals surface area contributed by atoms with Crippen LogP contribution in [-0.2, 0) is 11.3 Å². The fraction of sp³-hybridized carbons (Fsp3) is 0.318. The van der Waals surface area contributed by atoms with E-state index in [1.807, 2.05) is 6.92 Å². The van der Waals surface area contributed by atoms with Crippen LogP contribution in [0.5, 0.6) is 11.6 Å². The predicted octanol–water partition coefficient (Wildman–Crippen LogP) is 2.96. The zero-order valence-corrected chi connectivity index (χ0v) is 17.2. The number of aryl methyl sites for hydroxylation is 1. The summed E-state index contributed by atoms with van der Waals surface area (Å²) in [6.45, 7) is 3.64. The van der Waals surface area contributed by atoms with Crippen LogP contribution in [0.4, 0.5) is 5.82 Å². The Kier molecular flexibility index (Phi) is 6.31. The molecule has 1 fully saturated rings. The van der Waals surface area contributed by atoms with Gasteiger partial charge in [-0.15, -0.1) is 0 Å². The number of nitriles is 1. The van der Waals surface area contributed by atoms with Crippen molar-refractivity contribution in [3.63, 3.8) is 0 Å². The van der Waals surface area contributed by atoms with Crippen molar-refractivity contribution in [3.05, 3.63) is 53.6 Å². The summed E-state index contributed by atoms with van der Waals surface area (Å²) in [5, 5.41) is 12.8. The fourth-order valence-corrected chi connectivity index (χ4v) is 3.29. The molecule has 0 unspecified atom stereocenters. The minimum Gasteiger partial charge on any atom is -0.438 e. The number of rotatable bonds is 6. The molecule has 3 heterocycles. The summed E-state index contributed by atoms with van der Waals surface area (Å²) in [6.07, 6.45) is 5.19. The molecule has 0 amide bonds. The molecule has 158 valence electrons. The van der Waals surface area contributed by atoms with Gasteiger partial charge >= 0.3 is 0 Å². The standard InChI is InChI=1S/C22H23N7O2/c1-14-27-20(29-17-4-6-30-7-5-17)9-21(28-14)31-19-8-15(10-23)2-3-18(19)22-25-12-16(11-24)13-26-22/h2-3,8-9,12-13,17H,4-7,11,24H2,1H3,(H,27,28,29). The fourth-order valence-electron chi connectivity index (χ4n) is 3.29. The summed E-state index contributed by atoms with van der Waals surface area (Å²) in [5.74, 6) is 2.55. The molecule has 1 saturated heterocycles. The van der Waals surface area contributed by atoms with Crippen molar-refractivity contribution in [2.24, 2.45) is 5.73 Å². The van der Waals surface area contributed by atoms with Crippen molar-refractivity contribution in [3.8, 4) is 29.1 Å². The summed E-state index contributed by atoms with van der Waals surface area (Å²) in [4.78, 5) is 17.6. The Morgan fingerprint density at radius 2 is 1.97 bits per heavy atom. The number of hydrogen-bond donors (Lipinski definition) is 2.